The van der Waals surface area contributed by atoms with Gasteiger partial charge in [0.2, 0.25) is 0 Å². The summed E-state index contributed by atoms with van der Waals surface area (Å²) < 4.78 is 0. The molecule has 0 spiro atoms. The molecule has 0 bridgehead atoms. The summed E-state index contributed by atoms with van der Waals surface area (Å²) in [4.78, 5) is 10.4. The Hall–Kier alpha value is -1.06. The number of hydrogen-bond donors (Lipinski definition) is 2. The number of aryl methyl sites for hydroxylation is 1. The van der Waals surface area contributed by atoms with Crippen LogP contribution in [0.15, 0.2) is 24.3 Å². The second-order valence-electron chi connectivity index (χ2n) is 4.64. The van der Waals surface area contributed by atoms with Gasteiger partial charge in [0, 0.05) is 12.5 Å². The lowest BCUT2D eigenvalue weighted by Gasteiger charge is -2.11. The molecule has 0 saturated carbocycles. The number of carboxylic acids is 1. The normalized spacial score (nSPS) is 18.3. The molecule has 0 amide bonds. The standard InChI is InChI=1S/C14H19NO2.ClH/c16-14(17)5-1-3-11-6-8-12(9-7-11)13-4-2-10-15-13;/h6-9,13,15H,1-5,10H2,(H,16,17);1H/t13-;/m0./s1. The molecule has 0 radical (unpaired) electrons. The third-order valence-electron chi connectivity index (χ3n) is 3.30. The zero-order chi connectivity index (χ0) is 12.1. The van der Waals surface area contributed by atoms with Crippen molar-refractivity contribution in [2.24, 2.45) is 0 Å². The minimum absolute atomic E-state index is 0. The van der Waals surface area contributed by atoms with Crippen molar-refractivity contribution >= 4 is 18.4 Å². The van der Waals surface area contributed by atoms with Gasteiger partial charge in [-0.05, 0) is 43.4 Å². The van der Waals surface area contributed by atoms with Crippen LogP contribution in [0.5, 0.6) is 0 Å². The predicted molar refractivity (Wildman–Crippen MR) is 74.2 cm³/mol. The Morgan fingerprint density at radius 3 is 2.61 bits per heavy atom. The number of rotatable bonds is 5. The second-order valence-corrected chi connectivity index (χ2v) is 4.64. The lowest BCUT2D eigenvalue weighted by Crippen LogP contribution is -2.12. The van der Waals surface area contributed by atoms with E-state index in [4.69, 9.17) is 5.11 Å². The van der Waals surface area contributed by atoms with Gasteiger partial charge in [0.25, 0.3) is 0 Å². The quantitative estimate of drug-likeness (QED) is 0.864. The summed E-state index contributed by atoms with van der Waals surface area (Å²) in [6.07, 6.45) is 4.30. The smallest absolute Gasteiger partial charge is 0.303 e. The fourth-order valence-electron chi connectivity index (χ4n) is 2.33. The molecule has 0 aliphatic carbocycles. The van der Waals surface area contributed by atoms with Crippen LogP contribution < -0.4 is 5.32 Å². The molecule has 0 aromatic heterocycles. The maximum absolute atomic E-state index is 10.4. The van der Waals surface area contributed by atoms with Crippen LogP contribution in [0.2, 0.25) is 0 Å². The van der Waals surface area contributed by atoms with Crippen LogP contribution in [-0.4, -0.2) is 17.6 Å². The third-order valence-corrected chi connectivity index (χ3v) is 3.30. The second kappa shape index (κ2) is 7.39. The van der Waals surface area contributed by atoms with E-state index >= 15 is 0 Å². The fourth-order valence-corrected chi connectivity index (χ4v) is 2.33. The van der Waals surface area contributed by atoms with Gasteiger partial charge in [0.05, 0.1) is 0 Å². The van der Waals surface area contributed by atoms with Crippen molar-refractivity contribution in [1.82, 2.24) is 5.32 Å². The van der Waals surface area contributed by atoms with Gasteiger partial charge < -0.3 is 10.4 Å². The number of aliphatic carboxylic acids is 1. The first kappa shape index (κ1) is 15.0. The Bertz CT molecular complexity index is 372. The number of carboxylic acid groups (broad SMARTS) is 1. The molecule has 1 heterocycles. The highest BCUT2D eigenvalue weighted by molar-refractivity contribution is 5.85. The van der Waals surface area contributed by atoms with Crippen molar-refractivity contribution in [2.45, 2.75) is 38.1 Å². The van der Waals surface area contributed by atoms with Crippen molar-refractivity contribution in [2.75, 3.05) is 6.54 Å². The molecule has 4 heteroatoms. The molecule has 1 fully saturated rings. The number of hydrogen-bond acceptors (Lipinski definition) is 2. The van der Waals surface area contributed by atoms with Gasteiger partial charge >= 0.3 is 5.97 Å². The summed E-state index contributed by atoms with van der Waals surface area (Å²) in [7, 11) is 0. The Kier molecular flexibility index (Phi) is 6.16. The summed E-state index contributed by atoms with van der Waals surface area (Å²) in [6, 6.07) is 9.09. The van der Waals surface area contributed by atoms with E-state index in [2.05, 4.69) is 29.6 Å². The monoisotopic (exact) mass is 269 g/mol. The van der Waals surface area contributed by atoms with Gasteiger partial charge in [-0.25, -0.2) is 0 Å². The highest BCUT2D eigenvalue weighted by Crippen LogP contribution is 2.23. The van der Waals surface area contributed by atoms with Crippen LogP contribution in [0.1, 0.15) is 42.9 Å². The van der Waals surface area contributed by atoms with Crippen molar-refractivity contribution < 1.29 is 9.90 Å². The van der Waals surface area contributed by atoms with Crippen molar-refractivity contribution in [3.63, 3.8) is 0 Å². The molecule has 3 nitrogen and oxygen atoms in total. The third kappa shape index (κ3) is 4.31. The van der Waals surface area contributed by atoms with E-state index in [0.29, 0.717) is 6.04 Å². The molecule has 2 rings (SSSR count). The molecule has 0 unspecified atom stereocenters. The Morgan fingerprint density at radius 2 is 2.06 bits per heavy atom. The topological polar surface area (TPSA) is 49.3 Å². The van der Waals surface area contributed by atoms with Gasteiger partial charge in [0.1, 0.15) is 0 Å². The highest BCUT2D eigenvalue weighted by atomic mass is 35.5. The fraction of sp³-hybridized carbons (Fsp3) is 0.500. The summed E-state index contributed by atoms with van der Waals surface area (Å²) in [5, 5.41) is 12.0. The first-order valence-corrected chi connectivity index (χ1v) is 6.30. The van der Waals surface area contributed by atoms with Crippen molar-refractivity contribution in [1.29, 1.82) is 0 Å². The lowest BCUT2D eigenvalue weighted by atomic mass is 10.0. The number of benzene rings is 1. The number of halogens is 1. The van der Waals surface area contributed by atoms with Crippen LogP contribution in [0.3, 0.4) is 0 Å². The SMILES string of the molecule is Cl.O=C(O)CCCc1ccc([C@@H]2CCCN2)cc1. The molecule has 18 heavy (non-hydrogen) atoms. The molecular weight excluding hydrogens is 250 g/mol. The van der Waals surface area contributed by atoms with E-state index in [1.165, 1.54) is 24.0 Å². The van der Waals surface area contributed by atoms with Gasteiger partial charge in [0.15, 0.2) is 0 Å². The molecule has 100 valence electrons. The average molecular weight is 270 g/mol. The van der Waals surface area contributed by atoms with E-state index in [1.54, 1.807) is 0 Å². The van der Waals surface area contributed by atoms with Crippen LogP contribution >= 0.6 is 12.4 Å². The van der Waals surface area contributed by atoms with E-state index in [-0.39, 0.29) is 18.8 Å². The van der Waals surface area contributed by atoms with Gasteiger partial charge in [-0.3, -0.25) is 4.79 Å². The van der Waals surface area contributed by atoms with E-state index in [0.717, 1.165) is 19.4 Å². The van der Waals surface area contributed by atoms with E-state index < -0.39 is 5.97 Å². The Labute approximate surface area is 114 Å². The largest absolute Gasteiger partial charge is 0.481 e. The maximum Gasteiger partial charge on any atom is 0.303 e. The summed E-state index contributed by atoms with van der Waals surface area (Å²) in [5.74, 6) is -0.711. The minimum atomic E-state index is -0.711. The van der Waals surface area contributed by atoms with Crippen LogP contribution in [0, 0.1) is 0 Å². The highest BCUT2D eigenvalue weighted by Gasteiger charge is 2.15. The molecule has 1 saturated heterocycles. The van der Waals surface area contributed by atoms with E-state index in [1.807, 2.05) is 0 Å². The van der Waals surface area contributed by atoms with Crippen molar-refractivity contribution in [3.05, 3.63) is 35.4 Å². The zero-order valence-corrected chi connectivity index (χ0v) is 11.2. The number of nitrogens with one attached hydrogen (secondary N) is 1. The molecule has 1 aromatic rings. The van der Waals surface area contributed by atoms with Gasteiger partial charge in [-0.2, -0.15) is 0 Å². The Morgan fingerprint density at radius 1 is 1.33 bits per heavy atom. The molecule has 1 aliphatic rings. The summed E-state index contributed by atoms with van der Waals surface area (Å²) >= 11 is 0. The van der Waals surface area contributed by atoms with Crippen molar-refractivity contribution in [3.8, 4) is 0 Å². The van der Waals surface area contributed by atoms with Crippen LogP contribution in [0.25, 0.3) is 0 Å². The van der Waals surface area contributed by atoms with Crippen LogP contribution in [0.4, 0.5) is 0 Å². The van der Waals surface area contributed by atoms with E-state index in [9.17, 15) is 4.79 Å². The van der Waals surface area contributed by atoms with Gasteiger partial charge in [-0.15, -0.1) is 12.4 Å². The molecule has 2 N–H and O–H groups in total. The maximum atomic E-state index is 10.4. The molecular formula is C14H20ClNO2. The first-order valence-electron chi connectivity index (χ1n) is 6.30. The summed E-state index contributed by atoms with van der Waals surface area (Å²) in [5.41, 5.74) is 2.58. The minimum Gasteiger partial charge on any atom is -0.481 e. The first-order chi connectivity index (χ1) is 8.25. The molecule has 1 atom stereocenters. The predicted octanol–water partition coefficient (Wildman–Crippen LogP) is 2.94. The summed E-state index contributed by atoms with van der Waals surface area (Å²) in [6.45, 7) is 1.12. The molecule has 1 aliphatic heterocycles. The average Bonchev–Trinajstić information content (AvgIpc) is 2.83. The zero-order valence-electron chi connectivity index (χ0n) is 10.4. The Balaban J connectivity index is 0.00000162. The molecule has 1 aromatic carbocycles. The van der Waals surface area contributed by atoms with Gasteiger partial charge in [-0.1, -0.05) is 24.3 Å². The lowest BCUT2D eigenvalue weighted by molar-refractivity contribution is -0.137. The number of carbonyl (C=O) groups is 1. The van der Waals surface area contributed by atoms with Crippen LogP contribution in [-0.2, 0) is 11.2 Å².